The monoisotopic (exact) mass is 370 g/mol. The Balaban J connectivity index is 1.83. The smallest absolute Gasteiger partial charge is 0.251 e. The molecule has 6 nitrogen and oxygen atoms in total. The second kappa shape index (κ2) is 9.07. The molecule has 27 heavy (non-hydrogen) atoms. The van der Waals surface area contributed by atoms with E-state index in [2.05, 4.69) is 10.6 Å². The number of ether oxygens (including phenoxy) is 2. The summed E-state index contributed by atoms with van der Waals surface area (Å²) in [6.45, 7) is 6.22. The predicted octanol–water partition coefficient (Wildman–Crippen LogP) is 3.49. The second-order valence-electron chi connectivity index (χ2n) is 7.06. The average molecular weight is 370 g/mol. The zero-order chi connectivity index (χ0) is 19.9. The van der Waals surface area contributed by atoms with Crippen molar-refractivity contribution in [2.75, 3.05) is 25.6 Å². The molecular formula is C21H26N2O4. The molecule has 0 spiro atoms. The Hall–Kier alpha value is -3.02. The summed E-state index contributed by atoms with van der Waals surface area (Å²) in [5, 5.41) is 5.62. The molecule has 2 aromatic carbocycles. The first-order valence-electron chi connectivity index (χ1n) is 8.76. The third kappa shape index (κ3) is 6.33. The van der Waals surface area contributed by atoms with Crippen molar-refractivity contribution in [1.29, 1.82) is 0 Å². The quantitative estimate of drug-likeness (QED) is 0.732. The Labute approximate surface area is 159 Å². The largest absolute Gasteiger partial charge is 0.497 e. The molecule has 2 aromatic rings. The van der Waals surface area contributed by atoms with E-state index < -0.39 is 5.41 Å². The van der Waals surface area contributed by atoms with Crippen LogP contribution in [0.3, 0.4) is 0 Å². The van der Waals surface area contributed by atoms with Crippen molar-refractivity contribution >= 4 is 17.5 Å². The molecule has 2 N–H and O–H groups in total. The minimum absolute atomic E-state index is 0.104. The highest BCUT2D eigenvalue weighted by molar-refractivity contribution is 5.98. The van der Waals surface area contributed by atoms with Gasteiger partial charge in [-0.3, -0.25) is 9.59 Å². The van der Waals surface area contributed by atoms with Gasteiger partial charge in [-0.25, -0.2) is 0 Å². The summed E-state index contributed by atoms with van der Waals surface area (Å²) >= 11 is 0. The van der Waals surface area contributed by atoms with Gasteiger partial charge in [0, 0.05) is 16.7 Å². The molecule has 0 saturated heterocycles. The number of rotatable bonds is 7. The Morgan fingerprint density at radius 2 is 1.67 bits per heavy atom. The first-order valence-corrected chi connectivity index (χ1v) is 8.76. The van der Waals surface area contributed by atoms with E-state index in [0.717, 1.165) is 5.75 Å². The van der Waals surface area contributed by atoms with Crippen LogP contribution in [0.15, 0.2) is 48.5 Å². The summed E-state index contributed by atoms with van der Waals surface area (Å²) in [5.41, 5.74) is 0.570. The highest BCUT2D eigenvalue weighted by atomic mass is 16.5. The molecule has 0 fully saturated rings. The van der Waals surface area contributed by atoms with Crippen LogP contribution in [-0.2, 0) is 4.79 Å². The zero-order valence-electron chi connectivity index (χ0n) is 16.2. The van der Waals surface area contributed by atoms with Gasteiger partial charge >= 0.3 is 0 Å². The normalized spacial score (nSPS) is 10.8. The molecule has 0 aliphatic rings. The Morgan fingerprint density at radius 1 is 1.00 bits per heavy atom. The number of methoxy groups -OCH3 is 1. The summed E-state index contributed by atoms with van der Waals surface area (Å²) in [6.07, 6.45) is 0. The number of benzene rings is 2. The molecule has 0 unspecified atom stereocenters. The van der Waals surface area contributed by atoms with E-state index in [9.17, 15) is 9.59 Å². The van der Waals surface area contributed by atoms with Crippen LogP contribution in [-0.4, -0.2) is 32.1 Å². The lowest BCUT2D eigenvalue weighted by atomic mass is 9.95. The number of nitrogens with one attached hydrogen (secondary N) is 2. The van der Waals surface area contributed by atoms with E-state index in [4.69, 9.17) is 9.47 Å². The van der Waals surface area contributed by atoms with Crippen molar-refractivity contribution in [3.8, 4) is 11.5 Å². The third-order valence-corrected chi connectivity index (χ3v) is 3.78. The molecule has 0 aromatic heterocycles. The van der Waals surface area contributed by atoms with E-state index in [1.165, 1.54) is 0 Å². The fourth-order valence-corrected chi connectivity index (χ4v) is 2.16. The topological polar surface area (TPSA) is 76.7 Å². The molecule has 0 heterocycles. The van der Waals surface area contributed by atoms with E-state index in [0.29, 0.717) is 30.2 Å². The Morgan fingerprint density at radius 3 is 2.30 bits per heavy atom. The van der Waals surface area contributed by atoms with E-state index >= 15 is 0 Å². The van der Waals surface area contributed by atoms with Gasteiger partial charge in [-0.2, -0.15) is 0 Å². The van der Waals surface area contributed by atoms with Crippen molar-refractivity contribution in [3.63, 3.8) is 0 Å². The molecule has 0 saturated carbocycles. The third-order valence-electron chi connectivity index (χ3n) is 3.78. The van der Waals surface area contributed by atoms with Crippen LogP contribution in [0.5, 0.6) is 11.5 Å². The first-order chi connectivity index (χ1) is 12.8. The second-order valence-corrected chi connectivity index (χ2v) is 7.06. The molecule has 0 atom stereocenters. The highest BCUT2D eigenvalue weighted by Gasteiger charge is 2.21. The maximum Gasteiger partial charge on any atom is 0.251 e. The van der Waals surface area contributed by atoms with Crippen molar-refractivity contribution in [2.24, 2.45) is 5.41 Å². The van der Waals surface area contributed by atoms with Crippen LogP contribution >= 0.6 is 0 Å². The van der Waals surface area contributed by atoms with Crippen LogP contribution in [0.4, 0.5) is 5.69 Å². The minimum atomic E-state index is -0.503. The number of hydrogen-bond acceptors (Lipinski definition) is 4. The number of anilines is 1. The lowest BCUT2D eigenvalue weighted by Gasteiger charge is -2.18. The molecule has 0 aliphatic heterocycles. The van der Waals surface area contributed by atoms with Gasteiger partial charge in [0.25, 0.3) is 5.91 Å². The van der Waals surface area contributed by atoms with E-state index in [1.54, 1.807) is 31.4 Å². The van der Waals surface area contributed by atoms with Gasteiger partial charge in [0.1, 0.15) is 18.1 Å². The highest BCUT2D eigenvalue weighted by Crippen LogP contribution is 2.18. The number of amides is 2. The van der Waals surface area contributed by atoms with Crippen LogP contribution < -0.4 is 20.1 Å². The van der Waals surface area contributed by atoms with Crippen LogP contribution in [0, 0.1) is 5.41 Å². The van der Waals surface area contributed by atoms with Gasteiger partial charge in [-0.05, 0) is 42.5 Å². The summed E-state index contributed by atoms with van der Waals surface area (Å²) in [4.78, 5) is 24.3. The van der Waals surface area contributed by atoms with E-state index in [1.807, 2.05) is 45.0 Å². The average Bonchev–Trinajstić information content (AvgIpc) is 2.65. The van der Waals surface area contributed by atoms with Gasteiger partial charge in [-0.1, -0.05) is 26.8 Å². The Kier molecular flexibility index (Phi) is 6.82. The van der Waals surface area contributed by atoms with Crippen molar-refractivity contribution in [2.45, 2.75) is 20.8 Å². The molecule has 0 radical (unpaired) electrons. The van der Waals surface area contributed by atoms with Gasteiger partial charge in [0.05, 0.1) is 13.7 Å². The van der Waals surface area contributed by atoms with Gasteiger partial charge in [-0.15, -0.1) is 0 Å². The summed E-state index contributed by atoms with van der Waals surface area (Å²) in [5.74, 6) is 1.14. The Bertz CT molecular complexity index is 780. The SMILES string of the molecule is COc1ccc(OCCNC(=O)c2cccc(NC(=O)C(C)(C)C)c2)cc1. The van der Waals surface area contributed by atoms with Crippen molar-refractivity contribution in [3.05, 3.63) is 54.1 Å². The molecule has 0 aliphatic carbocycles. The van der Waals surface area contributed by atoms with E-state index in [-0.39, 0.29) is 11.8 Å². The number of carbonyl (C=O) groups excluding carboxylic acids is 2. The zero-order valence-corrected chi connectivity index (χ0v) is 16.2. The van der Waals surface area contributed by atoms with Crippen LogP contribution in [0.2, 0.25) is 0 Å². The first kappa shape index (κ1) is 20.3. The molecular weight excluding hydrogens is 344 g/mol. The fourth-order valence-electron chi connectivity index (χ4n) is 2.16. The molecule has 144 valence electrons. The lowest BCUT2D eigenvalue weighted by molar-refractivity contribution is -0.123. The van der Waals surface area contributed by atoms with Gasteiger partial charge in [0.15, 0.2) is 0 Å². The van der Waals surface area contributed by atoms with Gasteiger partial charge < -0.3 is 20.1 Å². The maximum absolute atomic E-state index is 12.3. The molecule has 2 amide bonds. The van der Waals surface area contributed by atoms with Crippen molar-refractivity contribution < 1.29 is 19.1 Å². The summed E-state index contributed by atoms with van der Waals surface area (Å²) < 4.78 is 10.7. The summed E-state index contributed by atoms with van der Waals surface area (Å²) in [6, 6.07) is 14.1. The van der Waals surface area contributed by atoms with Crippen molar-refractivity contribution in [1.82, 2.24) is 5.32 Å². The lowest BCUT2D eigenvalue weighted by Crippen LogP contribution is -2.29. The standard InChI is InChI=1S/C21H26N2O4/c1-21(2,3)20(25)23-16-7-5-6-15(14-16)19(24)22-12-13-27-18-10-8-17(26-4)9-11-18/h5-11,14H,12-13H2,1-4H3,(H,22,24)(H,23,25). The summed E-state index contributed by atoms with van der Waals surface area (Å²) in [7, 11) is 1.61. The maximum atomic E-state index is 12.3. The van der Waals surface area contributed by atoms with Crippen LogP contribution in [0.1, 0.15) is 31.1 Å². The fraction of sp³-hybridized carbons (Fsp3) is 0.333. The van der Waals surface area contributed by atoms with Crippen LogP contribution in [0.25, 0.3) is 0 Å². The molecule has 2 rings (SSSR count). The molecule has 0 bridgehead atoms. The number of carbonyl (C=O) groups is 2. The minimum Gasteiger partial charge on any atom is -0.497 e. The number of hydrogen-bond donors (Lipinski definition) is 2. The predicted molar refractivity (Wildman–Crippen MR) is 105 cm³/mol. The molecule has 6 heteroatoms. The van der Waals surface area contributed by atoms with Gasteiger partial charge in [0.2, 0.25) is 5.91 Å².